The molecule has 0 aromatic heterocycles. The second-order valence-corrected chi connectivity index (χ2v) is 3.90. The Balaban J connectivity index is 2.20. The van der Waals surface area contributed by atoms with E-state index >= 15 is 0 Å². The van der Waals surface area contributed by atoms with Crippen LogP contribution < -0.4 is 0 Å². The highest BCUT2D eigenvalue weighted by atomic mass is 16.8. The van der Waals surface area contributed by atoms with Crippen molar-refractivity contribution in [2.45, 2.75) is 18.5 Å². The summed E-state index contributed by atoms with van der Waals surface area (Å²) < 4.78 is 20.1. The Kier molecular flexibility index (Phi) is 4.13. The summed E-state index contributed by atoms with van der Waals surface area (Å²) in [4.78, 5) is 23.2. The third-order valence-corrected chi connectivity index (χ3v) is 2.75. The highest BCUT2D eigenvalue weighted by molar-refractivity contribution is 5.86. The van der Waals surface area contributed by atoms with Crippen LogP contribution in [-0.4, -0.2) is 38.4 Å². The Labute approximate surface area is 110 Å². The van der Waals surface area contributed by atoms with E-state index in [4.69, 9.17) is 9.47 Å². The lowest BCUT2D eigenvalue weighted by atomic mass is 10.2. The molecule has 0 bridgehead atoms. The largest absolute Gasteiger partial charge is 0.467 e. The van der Waals surface area contributed by atoms with E-state index in [1.54, 1.807) is 24.3 Å². The monoisotopic (exact) mass is 266 g/mol. The summed E-state index contributed by atoms with van der Waals surface area (Å²) in [6.07, 6.45) is -3.04. The molecule has 102 valence electrons. The fraction of sp³-hybridized carbons (Fsp3) is 0.385. The lowest BCUT2D eigenvalue weighted by molar-refractivity contribution is -0.160. The van der Waals surface area contributed by atoms with Crippen LogP contribution in [-0.2, 0) is 28.5 Å². The van der Waals surface area contributed by atoms with Gasteiger partial charge in [0.2, 0.25) is 0 Å². The zero-order valence-electron chi connectivity index (χ0n) is 10.6. The van der Waals surface area contributed by atoms with E-state index in [-0.39, 0.29) is 0 Å². The standard InChI is InChI=1S/C13H14O6/c1-16-11(14)9-10(12(15)17-2)19-13(18-9)8-6-4-3-5-7-8/h3-7,9-10,13H,1-2H3. The number of esters is 2. The number of carbonyl (C=O) groups excluding carboxylic acids is 2. The molecule has 1 fully saturated rings. The number of carbonyl (C=O) groups is 2. The minimum atomic E-state index is -1.12. The van der Waals surface area contributed by atoms with Crippen molar-refractivity contribution in [1.82, 2.24) is 0 Å². The zero-order chi connectivity index (χ0) is 13.8. The minimum Gasteiger partial charge on any atom is -0.467 e. The zero-order valence-corrected chi connectivity index (χ0v) is 10.6. The Morgan fingerprint density at radius 1 is 0.947 bits per heavy atom. The third kappa shape index (κ3) is 2.74. The molecule has 1 aliphatic rings. The molecule has 2 atom stereocenters. The van der Waals surface area contributed by atoms with Crippen LogP contribution in [0.15, 0.2) is 30.3 Å². The molecule has 1 aromatic carbocycles. The first-order valence-electron chi connectivity index (χ1n) is 5.69. The first kappa shape index (κ1) is 13.5. The molecular weight excluding hydrogens is 252 g/mol. The quantitative estimate of drug-likeness (QED) is 0.754. The van der Waals surface area contributed by atoms with Crippen LogP contribution in [0.5, 0.6) is 0 Å². The Morgan fingerprint density at radius 3 is 1.84 bits per heavy atom. The van der Waals surface area contributed by atoms with Crippen molar-refractivity contribution >= 4 is 11.9 Å². The van der Waals surface area contributed by atoms with E-state index in [2.05, 4.69) is 9.47 Å². The molecule has 6 nitrogen and oxygen atoms in total. The van der Waals surface area contributed by atoms with Crippen molar-refractivity contribution in [2.75, 3.05) is 14.2 Å². The molecule has 2 rings (SSSR count). The Hall–Kier alpha value is -1.92. The molecule has 0 spiro atoms. The lowest BCUT2D eigenvalue weighted by Gasteiger charge is -2.11. The number of hydrogen-bond acceptors (Lipinski definition) is 6. The normalized spacial score (nSPS) is 25.9. The van der Waals surface area contributed by atoms with Gasteiger partial charge >= 0.3 is 11.9 Å². The van der Waals surface area contributed by atoms with Crippen molar-refractivity contribution in [2.24, 2.45) is 0 Å². The molecule has 1 saturated heterocycles. The van der Waals surface area contributed by atoms with Crippen LogP contribution in [0, 0.1) is 0 Å². The second kappa shape index (κ2) is 5.81. The summed E-state index contributed by atoms with van der Waals surface area (Å²) >= 11 is 0. The molecule has 0 aliphatic carbocycles. The highest BCUT2D eigenvalue weighted by Crippen LogP contribution is 2.32. The summed E-state index contributed by atoms with van der Waals surface area (Å²) in [7, 11) is 2.44. The first-order valence-corrected chi connectivity index (χ1v) is 5.69. The van der Waals surface area contributed by atoms with Gasteiger partial charge in [0.25, 0.3) is 0 Å². The van der Waals surface area contributed by atoms with Gasteiger partial charge in [-0.25, -0.2) is 9.59 Å². The van der Waals surface area contributed by atoms with Crippen molar-refractivity contribution in [3.63, 3.8) is 0 Å². The number of ether oxygens (including phenoxy) is 4. The SMILES string of the molecule is COC(=O)C1OC(c2ccccc2)OC1C(=O)OC. The Morgan fingerprint density at radius 2 is 1.42 bits per heavy atom. The predicted molar refractivity (Wildman–Crippen MR) is 63.0 cm³/mol. The van der Waals surface area contributed by atoms with Gasteiger partial charge in [0, 0.05) is 5.56 Å². The van der Waals surface area contributed by atoms with Gasteiger partial charge in [-0.2, -0.15) is 0 Å². The summed E-state index contributed by atoms with van der Waals surface area (Å²) in [6, 6.07) is 9.01. The van der Waals surface area contributed by atoms with Crippen LogP contribution in [0.1, 0.15) is 11.9 Å². The van der Waals surface area contributed by atoms with E-state index < -0.39 is 30.4 Å². The van der Waals surface area contributed by atoms with Crippen molar-refractivity contribution in [3.8, 4) is 0 Å². The molecule has 6 heteroatoms. The summed E-state index contributed by atoms with van der Waals surface area (Å²) in [6.45, 7) is 0. The van der Waals surface area contributed by atoms with Gasteiger partial charge in [0.1, 0.15) is 0 Å². The van der Waals surface area contributed by atoms with Crippen LogP contribution in [0.4, 0.5) is 0 Å². The van der Waals surface area contributed by atoms with Gasteiger partial charge in [-0.15, -0.1) is 0 Å². The number of benzene rings is 1. The van der Waals surface area contributed by atoms with Gasteiger partial charge in [-0.1, -0.05) is 30.3 Å². The molecule has 0 N–H and O–H groups in total. The van der Waals surface area contributed by atoms with Crippen LogP contribution in [0.3, 0.4) is 0 Å². The second-order valence-electron chi connectivity index (χ2n) is 3.90. The lowest BCUT2D eigenvalue weighted by Crippen LogP contribution is -2.38. The van der Waals surface area contributed by atoms with E-state index in [9.17, 15) is 9.59 Å². The molecule has 0 radical (unpaired) electrons. The molecule has 2 unspecified atom stereocenters. The summed E-state index contributed by atoms with van der Waals surface area (Å²) in [5, 5.41) is 0. The van der Waals surface area contributed by atoms with Gasteiger partial charge in [-0.3, -0.25) is 0 Å². The maximum absolute atomic E-state index is 11.6. The number of methoxy groups -OCH3 is 2. The minimum absolute atomic E-state index is 0.672. The molecule has 0 amide bonds. The number of rotatable bonds is 3. The van der Waals surface area contributed by atoms with Crippen LogP contribution >= 0.6 is 0 Å². The average Bonchev–Trinajstić information content (AvgIpc) is 2.91. The van der Waals surface area contributed by atoms with Crippen LogP contribution in [0.2, 0.25) is 0 Å². The molecule has 1 heterocycles. The van der Waals surface area contributed by atoms with Crippen molar-refractivity contribution in [1.29, 1.82) is 0 Å². The molecule has 1 aliphatic heterocycles. The number of hydrogen-bond donors (Lipinski definition) is 0. The fourth-order valence-corrected chi connectivity index (χ4v) is 1.80. The van der Waals surface area contributed by atoms with E-state index in [1.807, 2.05) is 6.07 Å². The van der Waals surface area contributed by atoms with Crippen LogP contribution in [0.25, 0.3) is 0 Å². The van der Waals surface area contributed by atoms with Gasteiger partial charge in [-0.05, 0) is 0 Å². The van der Waals surface area contributed by atoms with E-state index in [0.717, 1.165) is 0 Å². The topological polar surface area (TPSA) is 71.1 Å². The third-order valence-electron chi connectivity index (χ3n) is 2.75. The maximum atomic E-state index is 11.6. The van der Waals surface area contributed by atoms with E-state index in [1.165, 1.54) is 14.2 Å². The van der Waals surface area contributed by atoms with Gasteiger partial charge in [0.05, 0.1) is 14.2 Å². The predicted octanol–water partition coefficient (Wildman–Crippen LogP) is 0.815. The fourth-order valence-electron chi connectivity index (χ4n) is 1.80. The average molecular weight is 266 g/mol. The molecule has 0 saturated carbocycles. The molecular formula is C13H14O6. The Bertz CT molecular complexity index is 433. The summed E-state index contributed by atoms with van der Waals surface area (Å²) in [5.74, 6) is -1.34. The highest BCUT2D eigenvalue weighted by Gasteiger charge is 2.47. The van der Waals surface area contributed by atoms with E-state index in [0.29, 0.717) is 5.56 Å². The first-order chi connectivity index (χ1) is 9.17. The van der Waals surface area contributed by atoms with Crippen molar-refractivity contribution < 1.29 is 28.5 Å². The summed E-state index contributed by atoms with van der Waals surface area (Å²) in [5.41, 5.74) is 0.711. The molecule has 19 heavy (non-hydrogen) atoms. The maximum Gasteiger partial charge on any atom is 0.338 e. The van der Waals surface area contributed by atoms with Crippen molar-refractivity contribution in [3.05, 3.63) is 35.9 Å². The smallest absolute Gasteiger partial charge is 0.338 e. The van der Waals surface area contributed by atoms with Gasteiger partial charge in [0.15, 0.2) is 18.5 Å². The van der Waals surface area contributed by atoms with Gasteiger partial charge < -0.3 is 18.9 Å². The molecule has 1 aromatic rings.